The average molecular weight is 887 g/mol. The zero-order valence-corrected chi connectivity index (χ0v) is 35.4. The van der Waals surface area contributed by atoms with Gasteiger partial charge in [-0.05, 0) is 48.4 Å². The number of carbonyl (C=O) groups excluding carboxylic acids is 5. The molecule has 4 aromatic rings. The number of carboxylic acids is 1. The van der Waals surface area contributed by atoms with Crippen molar-refractivity contribution in [1.29, 1.82) is 0 Å². The molecule has 0 saturated carbocycles. The maximum Gasteiger partial charge on any atom is 0.407 e. The maximum absolute atomic E-state index is 15.1. The van der Waals surface area contributed by atoms with Crippen LogP contribution in [0.1, 0.15) is 47.9 Å². The van der Waals surface area contributed by atoms with Gasteiger partial charge in [-0.1, -0.05) is 121 Å². The van der Waals surface area contributed by atoms with Crippen molar-refractivity contribution in [2.75, 3.05) is 20.1 Å². The molecule has 0 aliphatic rings. The number of nitrogens with two attached hydrogens (primary N) is 3. The lowest BCUT2D eigenvalue weighted by Crippen LogP contribution is -2.76. The molecule has 0 unspecified atom stereocenters. The summed E-state index contributed by atoms with van der Waals surface area (Å²) in [7, 11) is 0.921. The summed E-state index contributed by atoms with van der Waals surface area (Å²) in [5.41, 5.74) is 12.2. The number of alkyl carbamates (subject to hydrolysis) is 1. The molecular weight excluding hydrogens is 836 g/mol. The quantitative estimate of drug-likeness (QED) is 0.0174. The number of aliphatic carboxylic acids is 1. The van der Waals surface area contributed by atoms with E-state index in [0.29, 0.717) is 32.2 Å². The minimum absolute atomic E-state index is 0.0472. The number of nitrogens with one attached hydrogen (secondary N) is 1. The van der Waals surface area contributed by atoms with Gasteiger partial charge in [0, 0.05) is 30.7 Å². The number of rotatable bonds is 23. The van der Waals surface area contributed by atoms with Crippen molar-refractivity contribution < 1.29 is 52.8 Å². The molecule has 8 N–H and O–H groups in total. The number of ether oxygens (including phenoxy) is 4. The average Bonchev–Trinajstić information content (AvgIpc) is 3.29. The normalized spacial score (nSPS) is 12.4. The lowest BCUT2D eigenvalue weighted by atomic mass is 9.64. The number of amides is 2. The summed E-state index contributed by atoms with van der Waals surface area (Å²) >= 11 is 6.20. The van der Waals surface area contributed by atoms with Crippen LogP contribution < -0.4 is 22.5 Å². The van der Waals surface area contributed by atoms with Crippen LogP contribution in [0.5, 0.6) is 0 Å². The van der Waals surface area contributed by atoms with E-state index in [9.17, 15) is 24.3 Å². The predicted octanol–water partition coefficient (Wildman–Crippen LogP) is 4.23. The first-order valence-corrected chi connectivity index (χ1v) is 20.2. The smallest absolute Gasteiger partial charge is 0.407 e. The summed E-state index contributed by atoms with van der Waals surface area (Å²) in [6, 6.07) is 29.8. The highest BCUT2D eigenvalue weighted by atomic mass is 35.5. The minimum atomic E-state index is -3.57. The van der Waals surface area contributed by atoms with Crippen LogP contribution >= 0.6 is 11.6 Å². The molecule has 334 valence electrons. The SMILES string of the molecule is CN(C(=O)[C@@H](N)CCCN=C(N)N)[C@@](C(=O)O)(C(=O)OCc1ccccc1)C(CCCNC(=O)OCc1ccccc1Cl)(C(=O)OCc1ccccc1)C(=O)OCc1ccccc1. The third-order valence-corrected chi connectivity index (χ3v) is 10.4. The zero-order chi connectivity index (χ0) is 45.8. The molecule has 0 aliphatic heterocycles. The fourth-order valence-corrected chi connectivity index (χ4v) is 6.90. The number of carbonyl (C=O) groups is 6. The Balaban J connectivity index is 1.86. The number of hydrogen-bond acceptors (Lipinski definition) is 12. The van der Waals surface area contributed by atoms with E-state index in [-0.39, 0.29) is 38.5 Å². The van der Waals surface area contributed by atoms with Gasteiger partial charge in [0.25, 0.3) is 5.54 Å². The molecule has 0 saturated heterocycles. The number of hydrogen-bond donors (Lipinski definition) is 5. The summed E-state index contributed by atoms with van der Waals surface area (Å²) in [4.78, 5) is 91.0. The third-order valence-electron chi connectivity index (χ3n) is 9.99. The van der Waals surface area contributed by atoms with Gasteiger partial charge in [-0.2, -0.15) is 0 Å². The van der Waals surface area contributed by atoms with Crippen LogP contribution in [0.4, 0.5) is 4.79 Å². The van der Waals surface area contributed by atoms with E-state index in [0.717, 1.165) is 7.05 Å². The number of aliphatic imine (C=N–C) groups is 1. The van der Waals surface area contributed by atoms with Crippen molar-refractivity contribution in [3.63, 3.8) is 0 Å². The Hall–Kier alpha value is -6.98. The van der Waals surface area contributed by atoms with Crippen LogP contribution in [0.15, 0.2) is 120 Å². The van der Waals surface area contributed by atoms with Crippen LogP contribution in [-0.2, 0) is 69.3 Å². The molecule has 0 aromatic heterocycles. The van der Waals surface area contributed by atoms with Gasteiger partial charge in [-0.3, -0.25) is 19.4 Å². The number of carboxylic acid groups (broad SMARTS) is 1. The summed E-state index contributed by atoms with van der Waals surface area (Å²) in [6.07, 6.45) is -2.18. The molecule has 0 aliphatic carbocycles. The van der Waals surface area contributed by atoms with Gasteiger partial charge in [-0.25, -0.2) is 14.4 Å². The van der Waals surface area contributed by atoms with E-state index < -0.39 is 85.5 Å². The van der Waals surface area contributed by atoms with Gasteiger partial charge in [0.1, 0.15) is 26.4 Å². The number of benzene rings is 4. The molecule has 18 heteroatoms. The second-order valence-electron chi connectivity index (χ2n) is 14.3. The largest absolute Gasteiger partial charge is 0.479 e. The molecule has 4 aromatic carbocycles. The van der Waals surface area contributed by atoms with Crippen molar-refractivity contribution in [1.82, 2.24) is 10.2 Å². The Morgan fingerprint density at radius 2 is 1.17 bits per heavy atom. The summed E-state index contributed by atoms with van der Waals surface area (Å²) in [5, 5.41) is 14.4. The topological polar surface area (TPSA) is 265 Å². The van der Waals surface area contributed by atoms with Crippen LogP contribution in [0.2, 0.25) is 5.02 Å². The predicted molar refractivity (Wildman–Crippen MR) is 231 cm³/mol. The molecule has 0 spiro atoms. The number of nitrogens with zero attached hydrogens (tertiary/aromatic N) is 2. The van der Waals surface area contributed by atoms with Crippen LogP contribution in [0.25, 0.3) is 0 Å². The first kappa shape index (κ1) is 48.7. The van der Waals surface area contributed by atoms with E-state index in [1.54, 1.807) is 115 Å². The summed E-state index contributed by atoms with van der Waals surface area (Å²) < 4.78 is 22.5. The fraction of sp³-hybridized carbons (Fsp3) is 0.311. The van der Waals surface area contributed by atoms with E-state index in [1.807, 2.05) is 0 Å². The number of esters is 3. The standard InChI is InChI=1S/C45H51ClN6O11/c1-52(37(53)36(47)23-13-25-50-42(48)49)45(38(54)55,41(58)62-29-33-19-9-4-10-20-33)44(39(56)60-27-31-15-5-2-6-16-31,40(57)61-28-32-17-7-3-8-18-32)24-14-26-51-43(59)63-30-34-21-11-12-22-35(34)46/h2-12,15-22,36H,13-14,23-30,47H2,1H3,(H,51,59)(H,54,55)(H4,48,49,50)/t36-,45-/m0/s1. The van der Waals surface area contributed by atoms with Gasteiger partial charge < -0.3 is 51.5 Å². The summed E-state index contributed by atoms with van der Waals surface area (Å²) in [5.74, 6) is -8.32. The second kappa shape index (κ2) is 23.9. The fourth-order valence-electron chi connectivity index (χ4n) is 6.71. The molecular formula is C45H51ClN6O11. The second-order valence-corrected chi connectivity index (χ2v) is 14.7. The highest BCUT2D eigenvalue weighted by molar-refractivity contribution is 6.31. The van der Waals surface area contributed by atoms with E-state index in [2.05, 4.69) is 10.3 Å². The van der Waals surface area contributed by atoms with Gasteiger partial charge in [0.2, 0.25) is 11.3 Å². The molecule has 17 nitrogen and oxygen atoms in total. The van der Waals surface area contributed by atoms with Crippen molar-refractivity contribution in [2.45, 2.75) is 63.7 Å². The van der Waals surface area contributed by atoms with E-state index >= 15 is 9.59 Å². The first-order chi connectivity index (χ1) is 30.2. The lowest BCUT2D eigenvalue weighted by Gasteiger charge is -2.47. The van der Waals surface area contributed by atoms with Crippen molar-refractivity contribution in [2.24, 2.45) is 27.6 Å². The van der Waals surface area contributed by atoms with Crippen molar-refractivity contribution in [3.05, 3.63) is 143 Å². The number of likely N-dealkylation sites (N-methyl/N-ethyl adjacent to an activating group) is 1. The number of halogens is 1. The van der Waals surface area contributed by atoms with Crippen LogP contribution in [0, 0.1) is 5.41 Å². The van der Waals surface area contributed by atoms with Gasteiger partial charge in [0.05, 0.1) is 6.04 Å². The zero-order valence-electron chi connectivity index (χ0n) is 34.7. The van der Waals surface area contributed by atoms with Crippen molar-refractivity contribution >= 4 is 53.4 Å². The van der Waals surface area contributed by atoms with Crippen molar-refractivity contribution in [3.8, 4) is 0 Å². The molecule has 2 amide bonds. The highest BCUT2D eigenvalue weighted by Gasteiger charge is 2.76. The molecule has 0 bridgehead atoms. The van der Waals surface area contributed by atoms with Gasteiger partial charge in [0.15, 0.2) is 5.96 Å². The molecule has 0 fully saturated rings. The number of guanidine groups is 1. The minimum Gasteiger partial charge on any atom is -0.479 e. The molecule has 0 radical (unpaired) electrons. The first-order valence-electron chi connectivity index (χ1n) is 19.8. The Labute approximate surface area is 369 Å². The highest BCUT2D eigenvalue weighted by Crippen LogP contribution is 2.45. The van der Waals surface area contributed by atoms with E-state index in [4.69, 9.17) is 47.7 Å². The Morgan fingerprint density at radius 1 is 0.698 bits per heavy atom. The molecule has 0 heterocycles. The molecule has 4 rings (SSSR count). The lowest BCUT2D eigenvalue weighted by molar-refractivity contribution is -0.207. The summed E-state index contributed by atoms with van der Waals surface area (Å²) in [6.45, 7) is -2.06. The van der Waals surface area contributed by atoms with E-state index in [1.165, 1.54) is 0 Å². The Morgan fingerprint density at radius 3 is 1.65 bits per heavy atom. The molecule has 2 atom stereocenters. The third kappa shape index (κ3) is 12.8. The molecule has 63 heavy (non-hydrogen) atoms. The van der Waals surface area contributed by atoms with Gasteiger partial charge >= 0.3 is 30.0 Å². The van der Waals surface area contributed by atoms with Gasteiger partial charge in [-0.15, -0.1) is 0 Å². The Bertz CT molecular complexity index is 2140. The van der Waals surface area contributed by atoms with Crippen LogP contribution in [-0.4, -0.2) is 83.6 Å². The van der Waals surface area contributed by atoms with Crippen LogP contribution in [0.3, 0.4) is 0 Å². The monoisotopic (exact) mass is 886 g/mol. The maximum atomic E-state index is 15.1. The Kier molecular flexibility index (Phi) is 18.4.